The molecule has 1 aromatic carbocycles. The third kappa shape index (κ3) is 2.69. The molecule has 4 nitrogen and oxygen atoms in total. The third-order valence-corrected chi connectivity index (χ3v) is 4.02. The van der Waals surface area contributed by atoms with Gasteiger partial charge in [-0.1, -0.05) is 32.4 Å². The van der Waals surface area contributed by atoms with E-state index in [1.54, 1.807) is 4.90 Å². The van der Waals surface area contributed by atoms with Gasteiger partial charge in [0, 0.05) is 5.69 Å². The molecule has 0 radical (unpaired) electrons. The maximum absolute atomic E-state index is 12.6. The van der Waals surface area contributed by atoms with Gasteiger partial charge in [0.1, 0.15) is 12.6 Å². The monoisotopic (exact) mass is 274 g/mol. The molecule has 0 bridgehead atoms. The average Bonchev–Trinajstić information content (AvgIpc) is 2.43. The smallest absolute Gasteiger partial charge is 0.250 e. The van der Waals surface area contributed by atoms with Gasteiger partial charge in [0.2, 0.25) is 11.8 Å². The first-order valence-corrected chi connectivity index (χ1v) is 7.12. The zero-order valence-corrected chi connectivity index (χ0v) is 12.6. The molecule has 2 rings (SSSR count). The number of rotatable bonds is 3. The van der Waals surface area contributed by atoms with Crippen LogP contribution < -0.4 is 10.2 Å². The van der Waals surface area contributed by atoms with Crippen LogP contribution in [0.2, 0.25) is 0 Å². The molecule has 1 aromatic rings. The maximum Gasteiger partial charge on any atom is 0.250 e. The molecule has 0 aliphatic carbocycles. The van der Waals surface area contributed by atoms with Crippen LogP contribution in [0.1, 0.15) is 31.4 Å². The molecule has 1 aliphatic heterocycles. The third-order valence-electron chi connectivity index (χ3n) is 4.02. The zero-order chi connectivity index (χ0) is 14.9. The van der Waals surface area contributed by atoms with E-state index in [0.29, 0.717) is 0 Å². The number of aryl methyl sites for hydroxylation is 2. The highest BCUT2D eigenvalue weighted by atomic mass is 16.2. The fourth-order valence-electron chi connectivity index (χ4n) is 2.51. The molecular weight excluding hydrogens is 252 g/mol. The van der Waals surface area contributed by atoms with Crippen LogP contribution in [0.4, 0.5) is 5.69 Å². The molecule has 2 atom stereocenters. The Balaban J connectivity index is 2.37. The van der Waals surface area contributed by atoms with E-state index in [0.717, 1.165) is 23.2 Å². The first kappa shape index (κ1) is 14.6. The van der Waals surface area contributed by atoms with Gasteiger partial charge in [-0.05, 0) is 37.0 Å². The van der Waals surface area contributed by atoms with E-state index in [9.17, 15) is 9.59 Å². The van der Waals surface area contributed by atoms with Crippen molar-refractivity contribution >= 4 is 17.5 Å². The fraction of sp³-hybridized carbons (Fsp3) is 0.500. The number of nitrogens with one attached hydrogen (secondary N) is 1. The van der Waals surface area contributed by atoms with Gasteiger partial charge in [0.15, 0.2) is 0 Å². The standard InChI is InChI=1S/C16H22N2O2/c1-5-11(3)15-16(20)18(9-14(19)17-15)13-8-10(2)6-7-12(13)4/h6-8,11,15H,5,9H2,1-4H3,(H,17,19). The summed E-state index contributed by atoms with van der Waals surface area (Å²) in [6, 6.07) is 5.56. The van der Waals surface area contributed by atoms with Crippen molar-refractivity contribution in [2.24, 2.45) is 5.92 Å². The molecule has 2 unspecified atom stereocenters. The minimum Gasteiger partial charge on any atom is -0.342 e. The topological polar surface area (TPSA) is 49.4 Å². The van der Waals surface area contributed by atoms with Crippen molar-refractivity contribution in [2.75, 3.05) is 11.4 Å². The fourth-order valence-corrected chi connectivity index (χ4v) is 2.51. The second-order valence-corrected chi connectivity index (χ2v) is 5.65. The summed E-state index contributed by atoms with van der Waals surface area (Å²) < 4.78 is 0. The molecule has 1 N–H and O–H groups in total. The lowest BCUT2D eigenvalue weighted by Gasteiger charge is -2.36. The lowest BCUT2D eigenvalue weighted by atomic mass is 9.95. The number of benzene rings is 1. The lowest BCUT2D eigenvalue weighted by molar-refractivity contribution is -0.132. The van der Waals surface area contributed by atoms with E-state index in [4.69, 9.17) is 0 Å². The number of carbonyl (C=O) groups is 2. The van der Waals surface area contributed by atoms with Gasteiger partial charge >= 0.3 is 0 Å². The van der Waals surface area contributed by atoms with Crippen molar-refractivity contribution in [3.8, 4) is 0 Å². The van der Waals surface area contributed by atoms with Gasteiger partial charge in [-0.2, -0.15) is 0 Å². The minimum atomic E-state index is -0.416. The first-order valence-electron chi connectivity index (χ1n) is 7.12. The molecule has 0 spiro atoms. The van der Waals surface area contributed by atoms with Gasteiger partial charge in [-0.25, -0.2) is 0 Å². The van der Waals surface area contributed by atoms with Gasteiger partial charge in [-0.3, -0.25) is 9.59 Å². The summed E-state index contributed by atoms with van der Waals surface area (Å²) in [4.78, 5) is 26.2. The summed E-state index contributed by atoms with van der Waals surface area (Å²) >= 11 is 0. The molecule has 0 saturated carbocycles. The van der Waals surface area contributed by atoms with Gasteiger partial charge in [0.25, 0.3) is 0 Å². The summed E-state index contributed by atoms with van der Waals surface area (Å²) in [5.74, 6) is 0.0443. The van der Waals surface area contributed by atoms with Crippen LogP contribution in [-0.2, 0) is 9.59 Å². The van der Waals surface area contributed by atoms with Crippen LogP contribution >= 0.6 is 0 Å². The quantitative estimate of drug-likeness (QED) is 0.918. The van der Waals surface area contributed by atoms with Crippen molar-refractivity contribution in [1.29, 1.82) is 0 Å². The van der Waals surface area contributed by atoms with Gasteiger partial charge < -0.3 is 10.2 Å². The zero-order valence-electron chi connectivity index (χ0n) is 12.6. The van der Waals surface area contributed by atoms with Crippen molar-refractivity contribution in [3.63, 3.8) is 0 Å². The van der Waals surface area contributed by atoms with E-state index in [1.165, 1.54) is 0 Å². The predicted octanol–water partition coefficient (Wildman–Crippen LogP) is 2.18. The van der Waals surface area contributed by atoms with Crippen molar-refractivity contribution in [2.45, 2.75) is 40.2 Å². The summed E-state index contributed by atoms with van der Waals surface area (Å²) in [5.41, 5.74) is 2.95. The molecule has 1 heterocycles. The second kappa shape index (κ2) is 5.65. The number of carbonyl (C=O) groups excluding carboxylic acids is 2. The van der Waals surface area contributed by atoms with Crippen LogP contribution in [0.15, 0.2) is 18.2 Å². The highest BCUT2D eigenvalue weighted by Gasteiger charge is 2.36. The molecule has 4 heteroatoms. The number of nitrogens with zero attached hydrogens (tertiary/aromatic N) is 1. The molecule has 1 aliphatic rings. The van der Waals surface area contributed by atoms with Crippen molar-refractivity contribution < 1.29 is 9.59 Å². The Kier molecular flexibility index (Phi) is 4.12. The second-order valence-electron chi connectivity index (χ2n) is 5.65. The Bertz CT molecular complexity index is 539. The SMILES string of the molecule is CCC(C)C1NC(=O)CN(c2cc(C)ccc2C)C1=O. The minimum absolute atomic E-state index is 0.00681. The summed E-state index contributed by atoms with van der Waals surface area (Å²) in [6.45, 7) is 8.09. The number of amides is 2. The van der Waals surface area contributed by atoms with E-state index in [1.807, 2.05) is 45.9 Å². The Morgan fingerprint density at radius 1 is 1.35 bits per heavy atom. The number of piperazine rings is 1. The largest absolute Gasteiger partial charge is 0.342 e. The highest BCUT2D eigenvalue weighted by Crippen LogP contribution is 2.25. The molecule has 108 valence electrons. The number of anilines is 1. The van der Waals surface area contributed by atoms with Crippen molar-refractivity contribution in [3.05, 3.63) is 29.3 Å². The van der Waals surface area contributed by atoms with Crippen LogP contribution in [0.25, 0.3) is 0 Å². The molecule has 1 saturated heterocycles. The van der Waals surface area contributed by atoms with Crippen LogP contribution in [0.5, 0.6) is 0 Å². The summed E-state index contributed by atoms with van der Waals surface area (Å²) in [5, 5.41) is 2.82. The van der Waals surface area contributed by atoms with E-state index in [2.05, 4.69) is 5.32 Å². The van der Waals surface area contributed by atoms with Crippen LogP contribution in [0, 0.1) is 19.8 Å². The Labute approximate surface area is 120 Å². The van der Waals surface area contributed by atoms with Crippen LogP contribution in [-0.4, -0.2) is 24.4 Å². The normalized spacial score (nSPS) is 20.8. The molecule has 1 fully saturated rings. The molecule has 20 heavy (non-hydrogen) atoms. The first-order chi connectivity index (χ1) is 9.43. The van der Waals surface area contributed by atoms with Crippen LogP contribution in [0.3, 0.4) is 0 Å². The Morgan fingerprint density at radius 2 is 2.05 bits per heavy atom. The number of hydrogen-bond acceptors (Lipinski definition) is 2. The predicted molar refractivity (Wildman–Crippen MR) is 79.7 cm³/mol. The molecule has 2 amide bonds. The molecular formula is C16H22N2O2. The molecule has 0 aromatic heterocycles. The maximum atomic E-state index is 12.6. The summed E-state index contributed by atoms with van der Waals surface area (Å²) in [6.07, 6.45) is 0.858. The highest BCUT2D eigenvalue weighted by molar-refractivity contribution is 6.07. The number of hydrogen-bond donors (Lipinski definition) is 1. The van der Waals surface area contributed by atoms with E-state index >= 15 is 0 Å². The van der Waals surface area contributed by atoms with Crippen molar-refractivity contribution in [1.82, 2.24) is 5.32 Å². The van der Waals surface area contributed by atoms with E-state index < -0.39 is 6.04 Å². The van der Waals surface area contributed by atoms with Gasteiger partial charge in [-0.15, -0.1) is 0 Å². The Hall–Kier alpha value is -1.84. The average molecular weight is 274 g/mol. The summed E-state index contributed by atoms with van der Waals surface area (Å²) in [7, 11) is 0. The van der Waals surface area contributed by atoms with Gasteiger partial charge in [0.05, 0.1) is 0 Å². The Morgan fingerprint density at radius 3 is 2.70 bits per heavy atom. The van der Waals surface area contributed by atoms with E-state index in [-0.39, 0.29) is 24.3 Å². The lowest BCUT2D eigenvalue weighted by Crippen LogP contribution is -2.60.